The number of carbonyl (C=O) groups excluding carboxylic acids is 1. The normalized spacial score (nSPS) is 14.4. The van der Waals surface area contributed by atoms with E-state index in [1.807, 2.05) is 13.8 Å². The van der Waals surface area contributed by atoms with Crippen LogP contribution >= 0.6 is 11.9 Å². The van der Waals surface area contributed by atoms with Crippen LogP contribution in [0.2, 0.25) is 0 Å². The molecule has 0 radical (unpaired) electrons. The first-order valence-electron chi connectivity index (χ1n) is 4.26. The number of ketones is 1. The van der Waals surface area contributed by atoms with Crippen LogP contribution in [-0.2, 0) is 4.79 Å². The van der Waals surface area contributed by atoms with Crippen molar-refractivity contribution in [1.29, 1.82) is 0 Å². The fraction of sp³-hybridized carbons (Fsp3) is 0.300. The van der Waals surface area contributed by atoms with E-state index in [2.05, 4.69) is 9.39 Å². The van der Waals surface area contributed by atoms with Crippen LogP contribution < -0.4 is 0 Å². The number of hydrogen-bond donors (Lipinski definition) is 0. The predicted molar refractivity (Wildman–Crippen MR) is 62.0 cm³/mol. The summed E-state index contributed by atoms with van der Waals surface area (Å²) in [7, 11) is 0. The largest absolute Gasteiger partial charge is 0.290 e. The Morgan fingerprint density at radius 2 is 1.93 bits per heavy atom. The van der Waals surface area contributed by atoms with Gasteiger partial charge in [-0.2, -0.15) is 0 Å². The highest BCUT2D eigenvalue weighted by atomic mass is 32.2. The molecule has 1 aliphatic rings. The molecule has 0 saturated heterocycles. The van der Waals surface area contributed by atoms with Gasteiger partial charge in [-0.1, -0.05) is 0 Å². The molecule has 3 nitrogen and oxygen atoms in total. The molecule has 0 unspecified atom stereocenters. The number of nitrogens with zero attached hydrogens (tertiary/aromatic N) is 2. The van der Waals surface area contributed by atoms with Gasteiger partial charge in [-0.05, 0) is 50.1 Å². The zero-order chi connectivity index (χ0) is 10.4. The van der Waals surface area contributed by atoms with Crippen molar-refractivity contribution in [3.63, 3.8) is 0 Å². The molecule has 0 aromatic carbocycles. The third-order valence-corrected chi connectivity index (χ3v) is 2.03. The third kappa shape index (κ3) is 4.18. The molecule has 0 bridgehead atoms. The van der Waals surface area contributed by atoms with E-state index in [9.17, 15) is 4.79 Å². The molecule has 1 aliphatic carbocycles. The molecule has 0 fully saturated rings. The van der Waals surface area contributed by atoms with Gasteiger partial charge in [0.1, 0.15) is 5.88 Å². The van der Waals surface area contributed by atoms with Gasteiger partial charge < -0.3 is 0 Å². The van der Waals surface area contributed by atoms with E-state index in [-0.39, 0.29) is 5.78 Å². The van der Waals surface area contributed by atoms with E-state index < -0.39 is 0 Å². The van der Waals surface area contributed by atoms with Gasteiger partial charge in [0, 0.05) is 5.71 Å². The van der Waals surface area contributed by atoms with E-state index in [1.165, 1.54) is 24.1 Å². The SMILES string of the molecule is CC(C)=NCSN=C1C=CC(=O)C=C1. The number of allylic oxidation sites excluding steroid dienone is 4. The first-order valence-corrected chi connectivity index (χ1v) is 5.20. The minimum atomic E-state index is 0.0105. The summed E-state index contributed by atoms with van der Waals surface area (Å²) in [6, 6.07) is 0. The van der Waals surface area contributed by atoms with E-state index in [4.69, 9.17) is 0 Å². The average molecular weight is 208 g/mol. The summed E-state index contributed by atoms with van der Waals surface area (Å²) in [6.45, 7) is 3.90. The second kappa shape index (κ2) is 5.54. The van der Waals surface area contributed by atoms with Crippen molar-refractivity contribution in [3.05, 3.63) is 24.3 Å². The molecule has 0 aromatic rings. The third-order valence-electron chi connectivity index (χ3n) is 1.45. The Morgan fingerprint density at radius 1 is 1.29 bits per heavy atom. The van der Waals surface area contributed by atoms with Crippen LogP contribution in [0, 0.1) is 0 Å². The van der Waals surface area contributed by atoms with Crippen molar-refractivity contribution in [3.8, 4) is 0 Å². The van der Waals surface area contributed by atoms with Crippen LogP contribution in [0.4, 0.5) is 0 Å². The minimum absolute atomic E-state index is 0.0105. The van der Waals surface area contributed by atoms with Crippen LogP contribution in [0.3, 0.4) is 0 Å². The highest BCUT2D eigenvalue weighted by Crippen LogP contribution is 2.06. The predicted octanol–water partition coefficient (Wildman–Crippen LogP) is 2.21. The zero-order valence-corrected chi connectivity index (χ0v) is 9.04. The molecule has 4 heteroatoms. The molecular weight excluding hydrogens is 196 g/mol. The average Bonchev–Trinajstić information content (AvgIpc) is 2.15. The molecule has 0 atom stereocenters. The highest BCUT2D eigenvalue weighted by Gasteiger charge is 1.98. The van der Waals surface area contributed by atoms with Crippen LogP contribution in [0.25, 0.3) is 0 Å². The molecule has 0 spiro atoms. The number of carbonyl (C=O) groups is 1. The maximum absolute atomic E-state index is 10.8. The lowest BCUT2D eigenvalue weighted by atomic mass is 10.2. The fourth-order valence-corrected chi connectivity index (χ4v) is 1.41. The smallest absolute Gasteiger partial charge is 0.178 e. The van der Waals surface area contributed by atoms with Crippen LogP contribution in [-0.4, -0.2) is 23.1 Å². The Labute approximate surface area is 87.8 Å². The molecule has 0 saturated carbocycles. The van der Waals surface area contributed by atoms with E-state index in [0.717, 1.165) is 11.4 Å². The summed E-state index contributed by atoms with van der Waals surface area (Å²) in [4.78, 5) is 15.0. The van der Waals surface area contributed by atoms with Crippen molar-refractivity contribution in [1.82, 2.24) is 0 Å². The van der Waals surface area contributed by atoms with E-state index >= 15 is 0 Å². The second-order valence-corrected chi connectivity index (χ2v) is 3.65. The Kier molecular flexibility index (Phi) is 4.32. The lowest BCUT2D eigenvalue weighted by molar-refractivity contribution is -0.110. The Balaban J connectivity index is 2.39. The van der Waals surface area contributed by atoms with Crippen LogP contribution in [0.1, 0.15) is 13.8 Å². The van der Waals surface area contributed by atoms with Gasteiger partial charge in [0.05, 0.1) is 5.71 Å². The molecule has 0 aromatic heterocycles. The summed E-state index contributed by atoms with van der Waals surface area (Å²) in [5.74, 6) is 0.637. The van der Waals surface area contributed by atoms with Gasteiger partial charge in [-0.3, -0.25) is 9.79 Å². The fourth-order valence-electron chi connectivity index (χ4n) is 0.768. The van der Waals surface area contributed by atoms with Crippen molar-refractivity contribution >= 4 is 29.2 Å². The highest BCUT2D eigenvalue weighted by molar-refractivity contribution is 7.98. The molecule has 14 heavy (non-hydrogen) atoms. The van der Waals surface area contributed by atoms with Crippen molar-refractivity contribution in [2.45, 2.75) is 13.8 Å². The molecule has 74 valence electrons. The maximum Gasteiger partial charge on any atom is 0.178 e. The molecular formula is C10H12N2OS. The van der Waals surface area contributed by atoms with E-state index in [1.54, 1.807) is 12.2 Å². The summed E-state index contributed by atoms with van der Waals surface area (Å²) in [6.07, 6.45) is 6.43. The minimum Gasteiger partial charge on any atom is -0.290 e. The molecule has 0 N–H and O–H groups in total. The molecule has 0 amide bonds. The molecule has 0 aliphatic heterocycles. The monoisotopic (exact) mass is 208 g/mol. The lowest BCUT2D eigenvalue weighted by Crippen LogP contribution is -1.98. The number of rotatable bonds is 3. The van der Waals surface area contributed by atoms with Gasteiger partial charge >= 0.3 is 0 Å². The van der Waals surface area contributed by atoms with Gasteiger partial charge in [-0.25, -0.2) is 4.40 Å². The summed E-state index contributed by atoms with van der Waals surface area (Å²) >= 11 is 1.38. The lowest BCUT2D eigenvalue weighted by Gasteiger charge is -1.97. The summed E-state index contributed by atoms with van der Waals surface area (Å²) < 4.78 is 4.19. The Morgan fingerprint density at radius 3 is 2.50 bits per heavy atom. The first-order chi connectivity index (χ1) is 6.68. The number of hydrogen-bond acceptors (Lipinski definition) is 4. The van der Waals surface area contributed by atoms with Gasteiger partial charge in [0.25, 0.3) is 0 Å². The van der Waals surface area contributed by atoms with Crippen molar-refractivity contribution in [2.75, 3.05) is 5.88 Å². The quantitative estimate of drug-likeness (QED) is 0.309. The zero-order valence-electron chi connectivity index (χ0n) is 8.23. The van der Waals surface area contributed by atoms with Gasteiger partial charge in [0.2, 0.25) is 0 Å². The summed E-state index contributed by atoms with van der Waals surface area (Å²) in [5, 5.41) is 0. The second-order valence-electron chi connectivity index (χ2n) is 2.95. The van der Waals surface area contributed by atoms with E-state index in [0.29, 0.717) is 5.88 Å². The van der Waals surface area contributed by atoms with Gasteiger partial charge in [0.15, 0.2) is 5.78 Å². The summed E-state index contributed by atoms with van der Waals surface area (Å²) in [5.41, 5.74) is 1.85. The van der Waals surface area contributed by atoms with Crippen molar-refractivity contribution < 1.29 is 4.79 Å². The Hall–Kier alpha value is -1.16. The van der Waals surface area contributed by atoms with Crippen LogP contribution in [0.15, 0.2) is 33.7 Å². The standard InChI is InChI=1S/C10H12N2OS/c1-8(2)11-7-14-12-9-3-5-10(13)6-4-9/h3-6H,7H2,1-2H3. The molecule has 0 heterocycles. The Bertz CT molecular complexity index is 318. The van der Waals surface area contributed by atoms with Gasteiger partial charge in [-0.15, -0.1) is 0 Å². The first kappa shape index (κ1) is 10.9. The molecule has 1 rings (SSSR count). The number of aliphatic imine (C=N–C) groups is 1. The topological polar surface area (TPSA) is 41.8 Å². The maximum atomic E-state index is 10.8. The van der Waals surface area contributed by atoms with Crippen molar-refractivity contribution in [2.24, 2.45) is 9.39 Å². The van der Waals surface area contributed by atoms with Crippen LogP contribution in [0.5, 0.6) is 0 Å².